The van der Waals surface area contributed by atoms with Crippen molar-refractivity contribution in [3.8, 4) is 0 Å². The van der Waals surface area contributed by atoms with E-state index in [1.54, 1.807) is 0 Å². The molecule has 1 aliphatic heterocycles. The zero-order valence-corrected chi connectivity index (χ0v) is 9.67. The Hall–Kier alpha value is -1.45. The molecule has 0 bridgehead atoms. The third-order valence-electron chi connectivity index (χ3n) is 3.49. The minimum atomic E-state index is 0.0592. The van der Waals surface area contributed by atoms with Crippen LogP contribution >= 0.6 is 0 Å². The first-order chi connectivity index (χ1) is 8.34. The van der Waals surface area contributed by atoms with Crippen LogP contribution in [0, 0.1) is 5.92 Å². The monoisotopic (exact) mass is 228 g/mol. The summed E-state index contributed by atoms with van der Waals surface area (Å²) in [4.78, 5) is 4.36. The van der Waals surface area contributed by atoms with Crippen LogP contribution in [0.5, 0.6) is 0 Å². The highest BCUT2D eigenvalue weighted by Gasteiger charge is 2.24. The number of pyridine rings is 1. The van der Waals surface area contributed by atoms with Crippen molar-refractivity contribution in [1.29, 1.82) is 0 Å². The molecule has 0 radical (unpaired) electrons. The van der Waals surface area contributed by atoms with Crippen LogP contribution in [0.2, 0.25) is 0 Å². The lowest BCUT2D eigenvalue weighted by Gasteiger charge is -2.18. The predicted molar refractivity (Wildman–Crippen MR) is 67.6 cm³/mol. The summed E-state index contributed by atoms with van der Waals surface area (Å²) in [6, 6.07) is 10.4. The van der Waals surface area contributed by atoms with Gasteiger partial charge in [0.1, 0.15) is 0 Å². The molecule has 1 aliphatic rings. The molecule has 3 heteroatoms. The standard InChI is InChI=1S/C14H16N2O/c15-14(12-5-7-17-9-12)11-4-3-10-2-1-6-16-13(10)8-11/h1-4,6,8,12,14H,5,7,9,15H2. The summed E-state index contributed by atoms with van der Waals surface area (Å²) in [5.41, 5.74) is 8.46. The van der Waals surface area contributed by atoms with Gasteiger partial charge in [0.2, 0.25) is 0 Å². The molecule has 1 saturated heterocycles. The van der Waals surface area contributed by atoms with Gasteiger partial charge < -0.3 is 10.5 Å². The molecule has 2 heterocycles. The molecule has 17 heavy (non-hydrogen) atoms. The number of hydrogen-bond acceptors (Lipinski definition) is 3. The van der Waals surface area contributed by atoms with Gasteiger partial charge in [-0.2, -0.15) is 0 Å². The highest BCUT2D eigenvalue weighted by atomic mass is 16.5. The van der Waals surface area contributed by atoms with E-state index in [0.29, 0.717) is 5.92 Å². The fraction of sp³-hybridized carbons (Fsp3) is 0.357. The number of hydrogen-bond donors (Lipinski definition) is 1. The van der Waals surface area contributed by atoms with Crippen LogP contribution in [0.25, 0.3) is 10.9 Å². The van der Waals surface area contributed by atoms with Crippen molar-refractivity contribution >= 4 is 10.9 Å². The number of rotatable bonds is 2. The molecule has 3 nitrogen and oxygen atoms in total. The second-order valence-electron chi connectivity index (χ2n) is 4.60. The molecule has 1 aromatic carbocycles. The largest absolute Gasteiger partial charge is 0.381 e. The van der Waals surface area contributed by atoms with Crippen molar-refractivity contribution in [2.24, 2.45) is 11.7 Å². The molecule has 2 aromatic rings. The van der Waals surface area contributed by atoms with Crippen LogP contribution in [0.1, 0.15) is 18.0 Å². The van der Waals surface area contributed by atoms with E-state index in [1.165, 1.54) is 0 Å². The van der Waals surface area contributed by atoms with Gasteiger partial charge in [-0.15, -0.1) is 0 Å². The summed E-state index contributed by atoms with van der Waals surface area (Å²) < 4.78 is 5.39. The van der Waals surface area contributed by atoms with Crippen LogP contribution in [-0.4, -0.2) is 18.2 Å². The van der Waals surface area contributed by atoms with Crippen molar-refractivity contribution in [2.45, 2.75) is 12.5 Å². The second-order valence-corrected chi connectivity index (χ2v) is 4.60. The Balaban J connectivity index is 1.94. The maximum absolute atomic E-state index is 6.28. The predicted octanol–water partition coefficient (Wildman–Crippen LogP) is 2.27. The van der Waals surface area contributed by atoms with E-state index in [-0.39, 0.29) is 6.04 Å². The van der Waals surface area contributed by atoms with Crippen molar-refractivity contribution < 1.29 is 4.74 Å². The van der Waals surface area contributed by atoms with Crippen molar-refractivity contribution in [1.82, 2.24) is 4.98 Å². The van der Waals surface area contributed by atoms with E-state index in [4.69, 9.17) is 10.5 Å². The van der Waals surface area contributed by atoms with Gasteiger partial charge in [0, 0.05) is 30.1 Å². The van der Waals surface area contributed by atoms with Gasteiger partial charge in [-0.25, -0.2) is 0 Å². The van der Waals surface area contributed by atoms with E-state index in [1.807, 2.05) is 12.3 Å². The molecule has 2 unspecified atom stereocenters. The quantitative estimate of drug-likeness (QED) is 0.857. The molecular formula is C14H16N2O. The number of nitrogens with two attached hydrogens (primary N) is 1. The normalized spacial score (nSPS) is 21.8. The summed E-state index contributed by atoms with van der Waals surface area (Å²) in [5.74, 6) is 0.441. The van der Waals surface area contributed by atoms with E-state index < -0.39 is 0 Å². The molecule has 0 aliphatic carbocycles. The van der Waals surface area contributed by atoms with Crippen LogP contribution < -0.4 is 5.73 Å². The number of ether oxygens (including phenoxy) is 1. The van der Waals surface area contributed by atoms with E-state index >= 15 is 0 Å². The summed E-state index contributed by atoms with van der Waals surface area (Å²) in [6.07, 6.45) is 2.87. The Labute approximate surface area is 101 Å². The lowest BCUT2D eigenvalue weighted by Crippen LogP contribution is -2.21. The number of aromatic nitrogens is 1. The molecule has 0 amide bonds. The van der Waals surface area contributed by atoms with Gasteiger partial charge in [-0.05, 0) is 24.1 Å². The van der Waals surface area contributed by atoms with Crippen LogP contribution in [0.4, 0.5) is 0 Å². The highest BCUT2D eigenvalue weighted by Crippen LogP contribution is 2.28. The van der Waals surface area contributed by atoms with Crippen molar-refractivity contribution in [3.63, 3.8) is 0 Å². The highest BCUT2D eigenvalue weighted by molar-refractivity contribution is 5.78. The topological polar surface area (TPSA) is 48.1 Å². The van der Waals surface area contributed by atoms with Crippen LogP contribution in [0.3, 0.4) is 0 Å². The molecule has 1 aromatic heterocycles. The SMILES string of the molecule is NC(c1ccc2cccnc2c1)C1CCOC1. The minimum absolute atomic E-state index is 0.0592. The number of nitrogens with zero attached hydrogens (tertiary/aromatic N) is 1. The first-order valence-electron chi connectivity index (χ1n) is 6.02. The minimum Gasteiger partial charge on any atom is -0.381 e. The third-order valence-corrected chi connectivity index (χ3v) is 3.49. The Morgan fingerprint density at radius 1 is 1.35 bits per heavy atom. The van der Waals surface area contributed by atoms with E-state index in [0.717, 1.165) is 36.1 Å². The average Bonchev–Trinajstić information content (AvgIpc) is 2.91. The first kappa shape index (κ1) is 10.7. The lowest BCUT2D eigenvalue weighted by atomic mass is 9.92. The van der Waals surface area contributed by atoms with Gasteiger partial charge in [0.05, 0.1) is 12.1 Å². The van der Waals surface area contributed by atoms with Crippen LogP contribution in [0.15, 0.2) is 36.5 Å². The summed E-state index contributed by atoms with van der Waals surface area (Å²) in [7, 11) is 0. The summed E-state index contributed by atoms with van der Waals surface area (Å²) >= 11 is 0. The Morgan fingerprint density at radius 2 is 2.29 bits per heavy atom. The summed E-state index contributed by atoms with van der Waals surface area (Å²) in [6.45, 7) is 1.62. The van der Waals surface area contributed by atoms with Gasteiger partial charge >= 0.3 is 0 Å². The van der Waals surface area contributed by atoms with Crippen molar-refractivity contribution in [2.75, 3.05) is 13.2 Å². The van der Waals surface area contributed by atoms with Gasteiger partial charge in [0.25, 0.3) is 0 Å². The maximum atomic E-state index is 6.28. The molecule has 0 saturated carbocycles. The third kappa shape index (κ3) is 2.04. The first-order valence-corrected chi connectivity index (χ1v) is 6.02. The summed E-state index contributed by atoms with van der Waals surface area (Å²) in [5, 5.41) is 1.16. The maximum Gasteiger partial charge on any atom is 0.0705 e. The van der Waals surface area contributed by atoms with Gasteiger partial charge in [-0.1, -0.05) is 18.2 Å². The zero-order valence-electron chi connectivity index (χ0n) is 9.67. The molecule has 1 fully saturated rings. The van der Waals surface area contributed by atoms with E-state index in [2.05, 4.69) is 29.2 Å². The molecule has 2 atom stereocenters. The molecule has 88 valence electrons. The fourth-order valence-electron chi connectivity index (χ4n) is 2.40. The number of benzene rings is 1. The molecule has 2 N–H and O–H groups in total. The molecule has 0 spiro atoms. The zero-order chi connectivity index (χ0) is 11.7. The van der Waals surface area contributed by atoms with Crippen molar-refractivity contribution in [3.05, 3.63) is 42.1 Å². The van der Waals surface area contributed by atoms with Crippen LogP contribution in [-0.2, 0) is 4.74 Å². The lowest BCUT2D eigenvalue weighted by molar-refractivity contribution is 0.181. The number of fused-ring (bicyclic) bond motifs is 1. The fourth-order valence-corrected chi connectivity index (χ4v) is 2.40. The second kappa shape index (κ2) is 4.43. The molecular weight excluding hydrogens is 212 g/mol. The Bertz CT molecular complexity index is 520. The smallest absolute Gasteiger partial charge is 0.0705 e. The molecule has 3 rings (SSSR count). The Morgan fingerprint density at radius 3 is 3.12 bits per heavy atom. The van der Waals surface area contributed by atoms with Gasteiger partial charge in [-0.3, -0.25) is 4.98 Å². The van der Waals surface area contributed by atoms with Gasteiger partial charge in [0.15, 0.2) is 0 Å². The average molecular weight is 228 g/mol. The van der Waals surface area contributed by atoms with E-state index in [9.17, 15) is 0 Å². The Kier molecular flexibility index (Phi) is 2.79.